The van der Waals surface area contributed by atoms with Gasteiger partial charge in [-0.2, -0.15) is 0 Å². The number of rotatable bonds is 50. The third kappa shape index (κ3) is 55.3. The van der Waals surface area contributed by atoms with Gasteiger partial charge in [0.05, 0.1) is 13.2 Å². The molecular weight excluding hydrogens is 906 g/mol. The van der Waals surface area contributed by atoms with Crippen molar-refractivity contribution in [1.82, 2.24) is 0 Å². The molecule has 0 aliphatic rings. The molecule has 3 N–H and O–H groups in total. The number of hydrogen-bond acceptors (Lipinski definition) is 8. The van der Waals surface area contributed by atoms with Crippen LogP contribution in [0.25, 0.3) is 0 Å². The molecule has 0 saturated heterocycles. The predicted octanol–water partition coefficient (Wildman–Crippen LogP) is 17.4. The Bertz CT molecular complexity index is 1620. The van der Waals surface area contributed by atoms with Gasteiger partial charge in [0.2, 0.25) is 0 Å². The van der Waals surface area contributed by atoms with Gasteiger partial charge in [0, 0.05) is 19.4 Å². The highest BCUT2D eigenvalue weighted by molar-refractivity contribution is 7.47. The minimum Gasteiger partial charge on any atom is -0.462 e. The first kappa shape index (κ1) is 67.1. The molecule has 0 aromatic carbocycles. The Morgan fingerprint density at radius 3 is 1.15 bits per heavy atom. The average Bonchev–Trinajstić information content (AvgIpc) is 3.36. The zero-order chi connectivity index (χ0) is 51.7. The van der Waals surface area contributed by atoms with E-state index in [4.69, 9.17) is 24.3 Å². The molecule has 0 aliphatic heterocycles. The minimum atomic E-state index is -4.40. The van der Waals surface area contributed by atoms with Gasteiger partial charge in [0.25, 0.3) is 0 Å². The molecule has 0 aromatic heterocycles. The molecule has 0 rings (SSSR count). The van der Waals surface area contributed by atoms with Crippen molar-refractivity contribution < 1.29 is 37.6 Å². The smallest absolute Gasteiger partial charge is 0.462 e. The molecule has 9 nitrogen and oxygen atoms in total. The van der Waals surface area contributed by atoms with Gasteiger partial charge in [0.1, 0.15) is 6.61 Å². The molecule has 0 heterocycles. The molecule has 0 aliphatic carbocycles. The fourth-order valence-electron chi connectivity index (χ4n) is 6.96. The Hall–Kier alpha value is -3.85. The van der Waals surface area contributed by atoms with Crippen molar-refractivity contribution in [3.05, 3.63) is 134 Å². The van der Waals surface area contributed by atoms with Crippen LogP contribution in [0, 0.1) is 0 Å². The molecular formula is C61H100NO8P. The van der Waals surface area contributed by atoms with Crippen molar-refractivity contribution in [2.45, 2.75) is 213 Å². The Morgan fingerprint density at radius 1 is 0.437 bits per heavy atom. The van der Waals surface area contributed by atoms with Gasteiger partial charge in [-0.25, -0.2) is 4.57 Å². The minimum absolute atomic E-state index is 0.0438. The number of esters is 2. The molecule has 2 atom stereocenters. The van der Waals surface area contributed by atoms with Crippen LogP contribution >= 0.6 is 7.82 Å². The first-order valence-electron chi connectivity index (χ1n) is 27.7. The second-order valence-corrected chi connectivity index (χ2v) is 19.2. The first-order valence-corrected chi connectivity index (χ1v) is 29.2. The third-order valence-corrected chi connectivity index (χ3v) is 12.0. The molecule has 0 amide bonds. The summed E-state index contributed by atoms with van der Waals surface area (Å²) in [6.07, 6.45) is 77.9. The van der Waals surface area contributed by atoms with E-state index < -0.39 is 32.5 Å². The summed E-state index contributed by atoms with van der Waals surface area (Å²) in [5.74, 6) is -0.862. The van der Waals surface area contributed by atoms with Crippen LogP contribution in [0.3, 0.4) is 0 Å². The zero-order valence-electron chi connectivity index (χ0n) is 44.7. The molecule has 0 spiro atoms. The molecule has 0 fully saturated rings. The number of ether oxygens (including phenoxy) is 2. The average molecular weight is 1010 g/mol. The molecule has 0 radical (unpaired) electrons. The summed E-state index contributed by atoms with van der Waals surface area (Å²) in [5.41, 5.74) is 5.36. The van der Waals surface area contributed by atoms with Crippen LogP contribution in [0.2, 0.25) is 0 Å². The lowest BCUT2D eigenvalue weighted by atomic mass is 10.1. The number of carbonyl (C=O) groups excluding carboxylic acids is 2. The van der Waals surface area contributed by atoms with Crippen LogP contribution in [0.4, 0.5) is 0 Å². The van der Waals surface area contributed by atoms with Gasteiger partial charge >= 0.3 is 19.8 Å². The number of phosphoric acid groups is 1. The number of carbonyl (C=O) groups is 2. The van der Waals surface area contributed by atoms with Gasteiger partial charge in [-0.15, -0.1) is 0 Å². The standard InChI is InChI=1S/C61H100NO8P/c1-3-5-7-9-11-13-15-17-18-19-20-21-22-23-24-25-26-27-28-29-30-31-32-33-34-35-36-37-38-39-40-42-44-46-48-50-52-54-61(64)70-59(58-69-71(65,66)68-56-55-62)57-67-60(63)53-51-49-47-45-43-41-16-14-12-10-8-6-4-2/h5,7-8,10-11,13-14,16-18,20-21,23-24,26-27,29-30,32-33,35-36,59H,3-4,6,9,12,15,19,22,25,28,31,34,37-58,62H2,1-2H3,(H,65,66)/b7-5-,10-8-,13-11-,16-14-,18-17-,21-20-,24-23-,27-26-,30-29-,33-32-,36-35-. The highest BCUT2D eigenvalue weighted by Gasteiger charge is 2.26. The second-order valence-electron chi connectivity index (χ2n) is 17.7. The molecule has 0 saturated carbocycles. The fourth-order valence-corrected chi connectivity index (χ4v) is 7.72. The summed E-state index contributed by atoms with van der Waals surface area (Å²) in [4.78, 5) is 35.0. The number of hydrogen-bond donors (Lipinski definition) is 2. The van der Waals surface area contributed by atoms with Crippen LogP contribution in [0.1, 0.15) is 206 Å². The van der Waals surface area contributed by atoms with Crippen LogP contribution in [-0.2, 0) is 32.7 Å². The molecule has 2 unspecified atom stereocenters. The van der Waals surface area contributed by atoms with Gasteiger partial charge in [-0.3, -0.25) is 18.6 Å². The van der Waals surface area contributed by atoms with E-state index in [9.17, 15) is 19.0 Å². The SMILES string of the molecule is CC/C=C\C/C=C\C/C=C\C/C=C\C/C=C\C/C=C\C/C=C\C/C=C\C/C=C\CCCCCCCCCCCC(=O)OC(COC(=O)CCCCCCC/C=C\C/C=C\CCC)COP(=O)(O)OCCN. The van der Waals surface area contributed by atoms with Crippen LogP contribution < -0.4 is 5.73 Å². The maximum Gasteiger partial charge on any atom is 0.472 e. The Kier molecular flexibility index (Phi) is 52.5. The molecule has 0 aromatic rings. The number of nitrogens with two attached hydrogens (primary N) is 1. The fraction of sp³-hybridized carbons (Fsp3) is 0.607. The summed E-state index contributed by atoms with van der Waals surface area (Å²) in [6.45, 7) is 3.51. The number of allylic oxidation sites excluding steroid dienone is 22. The topological polar surface area (TPSA) is 134 Å². The second kappa shape index (κ2) is 55.5. The summed E-state index contributed by atoms with van der Waals surface area (Å²) in [7, 11) is -4.40. The van der Waals surface area contributed by atoms with Crippen molar-refractivity contribution in [3.63, 3.8) is 0 Å². The van der Waals surface area contributed by atoms with Gasteiger partial charge in [0.15, 0.2) is 6.10 Å². The largest absolute Gasteiger partial charge is 0.472 e. The Balaban J connectivity index is 4.00. The summed E-state index contributed by atoms with van der Waals surface area (Å²) in [5, 5.41) is 0. The normalized spacial score (nSPS) is 14.1. The third-order valence-electron chi connectivity index (χ3n) is 11.0. The Labute approximate surface area is 434 Å². The number of phosphoric ester groups is 1. The molecule has 10 heteroatoms. The van der Waals surface area contributed by atoms with E-state index in [0.717, 1.165) is 128 Å². The van der Waals surface area contributed by atoms with Crippen LogP contribution in [0.15, 0.2) is 134 Å². The summed E-state index contributed by atoms with van der Waals surface area (Å²) in [6, 6.07) is 0. The number of unbranched alkanes of at least 4 members (excludes halogenated alkanes) is 15. The van der Waals surface area contributed by atoms with Crippen molar-refractivity contribution in [2.24, 2.45) is 5.73 Å². The lowest BCUT2D eigenvalue weighted by Crippen LogP contribution is -2.29. The van der Waals surface area contributed by atoms with Crippen LogP contribution in [0.5, 0.6) is 0 Å². The first-order chi connectivity index (χ1) is 34.8. The van der Waals surface area contributed by atoms with E-state index in [1.807, 2.05) is 0 Å². The van der Waals surface area contributed by atoms with E-state index in [1.165, 1.54) is 38.5 Å². The maximum absolute atomic E-state index is 12.7. The van der Waals surface area contributed by atoms with Crippen LogP contribution in [-0.4, -0.2) is 49.3 Å². The zero-order valence-corrected chi connectivity index (χ0v) is 45.5. The summed E-state index contributed by atoms with van der Waals surface area (Å²) >= 11 is 0. The quantitative estimate of drug-likeness (QED) is 0.0264. The van der Waals surface area contributed by atoms with E-state index in [-0.39, 0.29) is 32.6 Å². The van der Waals surface area contributed by atoms with Crippen molar-refractivity contribution in [3.8, 4) is 0 Å². The van der Waals surface area contributed by atoms with E-state index in [2.05, 4.69) is 148 Å². The highest BCUT2D eigenvalue weighted by atomic mass is 31.2. The Morgan fingerprint density at radius 2 is 0.775 bits per heavy atom. The lowest BCUT2D eigenvalue weighted by molar-refractivity contribution is -0.161. The monoisotopic (exact) mass is 1010 g/mol. The van der Waals surface area contributed by atoms with Gasteiger partial charge < -0.3 is 20.1 Å². The van der Waals surface area contributed by atoms with Crippen molar-refractivity contribution in [2.75, 3.05) is 26.4 Å². The van der Waals surface area contributed by atoms with E-state index in [1.54, 1.807) is 0 Å². The van der Waals surface area contributed by atoms with Gasteiger partial charge in [-0.05, 0) is 109 Å². The molecule has 0 bridgehead atoms. The van der Waals surface area contributed by atoms with Gasteiger partial charge in [-0.1, -0.05) is 218 Å². The highest BCUT2D eigenvalue weighted by Crippen LogP contribution is 2.43. The lowest BCUT2D eigenvalue weighted by Gasteiger charge is -2.19. The molecule has 402 valence electrons. The van der Waals surface area contributed by atoms with E-state index >= 15 is 0 Å². The summed E-state index contributed by atoms with van der Waals surface area (Å²) < 4.78 is 32.9. The van der Waals surface area contributed by atoms with Crippen molar-refractivity contribution >= 4 is 19.8 Å². The molecule has 71 heavy (non-hydrogen) atoms. The maximum atomic E-state index is 12.7. The van der Waals surface area contributed by atoms with Crippen molar-refractivity contribution in [1.29, 1.82) is 0 Å². The predicted molar refractivity (Wildman–Crippen MR) is 302 cm³/mol. The van der Waals surface area contributed by atoms with E-state index in [0.29, 0.717) is 12.8 Å².